The van der Waals surface area contributed by atoms with Gasteiger partial charge in [-0.25, -0.2) is 4.68 Å². The van der Waals surface area contributed by atoms with Crippen molar-refractivity contribution in [1.29, 1.82) is 0 Å². The second kappa shape index (κ2) is 5.27. The van der Waals surface area contributed by atoms with Gasteiger partial charge in [-0.2, -0.15) is 5.10 Å². The first-order valence-corrected chi connectivity index (χ1v) is 7.80. The Kier molecular flexibility index (Phi) is 3.80. The zero-order chi connectivity index (χ0) is 16.1. The van der Waals surface area contributed by atoms with Crippen molar-refractivity contribution in [2.75, 3.05) is 0 Å². The van der Waals surface area contributed by atoms with E-state index in [4.69, 9.17) is 32.5 Å². The van der Waals surface area contributed by atoms with Crippen molar-refractivity contribution in [3.8, 4) is 5.69 Å². The fourth-order valence-electron chi connectivity index (χ4n) is 2.25. The second-order valence-corrected chi connectivity index (χ2v) is 7.31. The van der Waals surface area contributed by atoms with Gasteiger partial charge >= 0.3 is 7.12 Å². The standard InChI is InChI=1S/C15H17BCl2N2O2/c1-14(2)15(3,4)22-16(21-14)10-8-19-20(9-10)13-6-11(17)5-12(18)7-13/h5-9H,1-4H3. The maximum atomic E-state index is 6.03. The summed E-state index contributed by atoms with van der Waals surface area (Å²) in [6.45, 7) is 8.09. The smallest absolute Gasteiger partial charge is 0.399 e. The van der Waals surface area contributed by atoms with Crippen molar-refractivity contribution in [3.63, 3.8) is 0 Å². The Morgan fingerprint density at radius 1 is 1.00 bits per heavy atom. The summed E-state index contributed by atoms with van der Waals surface area (Å²) in [5.74, 6) is 0. The zero-order valence-corrected chi connectivity index (χ0v) is 14.4. The molecular weight excluding hydrogens is 322 g/mol. The van der Waals surface area contributed by atoms with Crippen LogP contribution in [-0.4, -0.2) is 28.1 Å². The summed E-state index contributed by atoms with van der Waals surface area (Å²) in [5.41, 5.74) is 0.896. The predicted octanol–water partition coefficient (Wildman–Crippen LogP) is 3.48. The molecule has 0 bridgehead atoms. The van der Waals surface area contributed by atoms with Gasteiger partial charge in [0.2, 0.25) is 0 Å². The van der Waals surface area contributed by atoms with E-state index in [1.165, 1.54) is 0 Å². The third-order valence-electron chi connectivity index (χ3n) is 4.24. The number of rotatable bonds is 2. The van der Waals surface area contributed by atoms with Gasteiger partial charge in [0.05, 0.1) is 16.9 Å². The maximum Gasteiger partial charge on any atom is 0.498 e. The van der Waals surface area contributed by atoms with Crippen LogP contribution in [0.4, 0.5) is 0 Å². The molecule has 0 amide bonds. The molecule has 2 heterocycles. The molecule has 1 aliphatic rings. The molecule has 0 aliphatic carbocycles. The van der Waals surface area contributed by atoms with Gasteiger partial charge in [-0.15, -0.1) is 0 Å². The molecule has 0 saturated carbocycles. The van der Waals surface area contributed by atoms with E-state index < -0.39 is 7.12 Å². The monoisotopic (exact) mass is 338 g/mol. The number of halogens is 2. The molecule has 0 spiro atoms. The molecule has 3 rings (SSSR count). The predicted molar refractivity (Wildman–Crippen MR) is 89.3 cm³/mol. The Labute approximate surface area is 140 Å². The SMILES string of the molecule is CC1(C)OB(c2cnn(-c3cc(Cl)cc(Cl)c3)c2)OC1(C)C. The van der Waals surface area contributed by atoms with Gasteiger partial charge in [0, 0.05) is 27.9 Å². The molecule has 0 unspecified atom stereocenters. The van der Waals surface area contributed by atoms with E-state index in [1.807, 2.05) is 33.9 Å². The van der Waals surface area contributed by atoms with E-state index in [-0.39, 0.29) is 11.2 Å². The first kappa shape index (κ1) is 15.9. The molecule has 0 N–H and O–H groups in total. The Hall–Kier alpha value is -1.01. The molecular formula is C15H17BCl2N2O2. The van der Waals surface area contributed by atoms with Crippen molar-refractivity contribution in [3.05, 3.63) is 40.6 Å². The van der Waals surface area contributed by atoms with Gasteiger partial charge in [-0.1, -0.05) is 23.2 Å². The highest BCUT2D eigenvalue weighted by molar-refractivity contribution is 6.62. The van der Waals surface area contributed by atoms with E-state index in [9.17, 15) is 0 Å². The highest BCUT2D eigenvalue weighted by Gasteiger charge is 2.52. The normalized spacial score (nSPS) is 19.6. The number of aromatic nitrogens is 2. The maximum absolute atomic E-state index is 6.03. The number of hydrogen-bond acceptors (Lipinski definition) is 3. The van der Waals surface area contributed by atoms with E-state index in [1.54, 1.807) is 29.1 Å². The van der Waals surface area contributed by atoms with Crippen molar-refractivity contribution in [2.24, 2.45) is 0 Å². The van der Waals surface area contributed by atoms with Crippen LogP contribution in [-0.2, 0) is 9.31 Å². The number of benzene rings is 1. The summed E-state index contributed by atoms with van der Waals surface area (Å²) in [6, 6.07) is 5.29. The van der Waals surface area contributed by atoms with E-state index >= 15 is 0 Å². The van der Waals surface area contributed by atoms with Gasteiger partial charge in [0.15, 0.2) is 0 Å². The van der Waals surface area contributed by atoms with Crippen LogP contribution in [0.25, 0.3) is 5.69 Å². The summed E-state index contributed by atoms with van der Waals surface area (Å²) >= 11 is 12.1. The van der Waals surface area contributed by atoms with Crippen LogP contribution in [0, 0.1) is 0 Å². The van der Waals surface area contributed by atoms with Crippen LogP contribution in [0.3, 0.4) is 0 Å². The highest BCUT2D eigenvalue weighted by Crippen LogP contribution is 2.36. The summed E-state index contributed by atoms with van der Waals surface area (Å²) in [5, 5.41) is 5.48. The largest absolute Gasteiger partial charge is 0.498 e. The topological polar surface area (TPSA) is 36.3 Å². The Morgan fingerprint density at radius 2 is 1.55 bits per heavy atom. The third-order valence-corrected chi connectivity index (χ3v) is 4.68. The van der Waals surface area contributed by atoms with Crippen LogP contribution in [0.5, 0.6) is 0 Å². The van der Waals surface area contributed by atoms with Crippen molar-refractivity contribution in [1.82, 2.24) is 9.78 Å². The van der Waals surface area contributed by atoms with Gasteiger partial charge in [0.25, 0.3) is 0 Å². The first-order chi connectivity index (χ1) is 10.2. The number of nitrogens with zero attached hydrogens (tertiary/aromatic N) is 2. The van der Waals surface area contributed by atoms with Crippen molar-refractivity contribution >= 4 is 35.8 Å². The molecule has 7 heteroatoms. The molecule has 22 heavy (non-hydrogen) atoms. The molecule has 0 atom stereocenters. The van der Waals surface area contributed by atoms with Crippen LogP contribution in [0.15, 0.2) is 30.6 Å². The van der Waals surface area contributed by atoms with E-state index in [0.717, 1.165) is 11.2 Å². The molecule has 1 aromatic carbocycles. The van der Waals surface area contributed by atoms with Gasteiger partial charge in [-0.3, -0.25) is 0 Å². The summed E-state index contributed by atoms with van der Waals surface area (Å²) in [7, 11) is -0.437. The van der Waals surface area contributed by atoms with E-state index in [0.29, 0.717) is 10.0 Å². The average Bonchev–Trinajstić information content (AvgIpc) is 2.92. The minimum atomic E-state index is -0.437. The minimum Gasteiger partial charge on any atom is -0.399 e. The Bertz CT molecular complexity index is 679. The Balaban J connectivity index is 1.89. The average molecular weight is 339 g/mol. The van der Waals surface area contributed by atoms with Crippen molar-refractivity contribution in [2.45, 2.75) is 38.9 Å². The lowest BCUT2D eigenvalue weighted by Crippen LogP contribution is -2.41. The summed E-state index contributed by atoms with van der Waals surface area (Å²) < 4.78 is 13.7. The zero-order valence-electron chi connectivity index (χ0n) is 12.9. The van der Waals surface area contributed by atoms with Gasteiger partial charge < -0.3 is 9.31 Å². The third kappa shape index (κ3) is 2.79. The molecule has 1 aliphatic heterocycles. The lowest BCUT2D eigenvalue weighted by molar-refractivity contribution is 0.00578. The summed E-state index contributed by atoms with van der Waals surface area (Å²) in [6.07, 6.45) is 3.60. The molecule has 4 nitrogen and oxygen atoms in total. The lowest BCUT2D eigenvalue weighted by Gasteiger charge is -2.32. The fourth-order valence-corrected chi connectivity index (χ4v) is 2.76. The van der Waals surface area contributed by atoms with Crippen LogP contribution in [0.2, 0.25) is 10.0 Å². The van der Waals surface area contributed by atoms with E-state index in [2.05, 4.69) is 5.10 Å². The number of hydrogen-bond donors (Lipinski definition) is 0. The Morgan fingerprint density at radius 3 is 2.09 bits per heavy atom. The second-order valence-electron chi connectivity index (χ2n) is 6.43. The lowest BCUT2D eigenvalue weighted by atomic mass is 9.82. The minimum absolute atomic E-state index is 0.376. The first-order valence-electron chi connectivity index (χ1n) is 7.05. The summed E-state index contributed by atoms with van der Waals surface area (Å²) in [4.78, 5) is 0. The van der Waals surface area contributed by atoms with Gasteiger partial charge in [-0.05, 0) is 45.9 Å². The quantitative estimate of drug-likeness (QED) is 0.786. The van der Waals surface area contributed by atoms with Crippen LogP contribution < -0.4 is 5.46 Å². The molecule has 1 aromatic heterocycles. The van der Waals surface area contributed by atoms with Gasteiger partial charge in [0.1, 0.15) is 0 Å². The fraction of sp³-hybridized carbons (Fsp3) is 0.400. The molecule has 1 fully saturated rings. The molecule has 1 saturated heterocycles. The highest BCUT2D eigenvalue weighted by atomic mass is 35.5. The molecule has 116 valence electrons. The molecule has 2 aromatic rings. The van der Waals surface area contributed by atoms with Crippen LogP contribution >= 0.6 is 23.2 Å². The van der Waals surface area contributed by atoms with Crippen molar-refractivity contribution < 1.29 is 9.31 Å². The molecule has 0 radical (unpaired) electrons. The van der Waals surface area contributed by atoms with Crippen LogP contribution in [0.1, 0.15) is 27.7 Å².